The molecule has 0 bridgehead atoms. The van der Waals surface area contributed by atoms with Gasteiger partial charge in [0.1, 0.15) is 0 Å². The standard InChI is InChI=1S/C30H48N2O4/c1-26(2)20-17-22(28(5,6)31(26)9)30(25(35)36,19-15-13-11-12-14-16-24(33)34)23-18-21-27(3,4)32(10)29(23,7)8/h22-23H,11-16,19H2,1-10H3,(H,33,34)(H,35,36). The molecular weight excluding hydrogens is 452 g/mol. The van der Waals surface area contributed by atoms with E-state index in [1.54, 1.807) is 0 Å². The lowest BCUT2D eigenvalue weighted by Gasteiger charge is -2.59. The van der Waals surface area contributed by atoms with Gasteiger partial charge < -0.3 is 10.2 Å². The van der Waals surface area contributed by atoms with Crippen LogP contribution < -0.4 is 0 Å². The number of nitrogens with zero attached hydrogens (tertiary/aromatic N) is 2. The number of carboxylic acid groups (broad SMARTS) is 2. The van der Waals surface area contributed by atoms with Gasteiger partial charge in [-0.2, -0.15) is 0 Å². The second-order valence-electron chi connectivity index (χ2n) is 13.0. The molecule has 2 atom stereocenters. The zero-order valence-corrected chi connectivity index (χ0v) is 24.2. The van der Waals surface area contributed by atoms with E-state index in [1.165, 1.54) is 0 Å². The van der Waals surface area contributed by atoms with Crippen LogP contribution in [-0.4, -0.2) is 68.2 Å². The molecule has 2 rings (SSSR count). The van der Waals surface area contributed by atoms with Crippen molar-refractivity contribution >= 4 is 11.9 Å². The maximum Gasteiger partial charge on any atom is 0.312 e. The van der Waals surface area contributed by atoms with E-state index >= 15 is 0 Å². The number of carbonyl (C=O) groups is 2. The minimum Gasteiger partial charge on any atom is -0.481 e. The molecule has 0 fully saturated rings. The lowest BCUT2D eigenvalue weighted by molar-refractivity contribution is -0.167. The fourth-order valence-corrected chi connectivity index (χ4v) is 6.40. The second-order valence-corrected chi connectivity index (χ2v) is 13.0. The summed E-state index contributed by atoms with van der Waals surface area (Å²) in [6.07, 6.45) is 4.64. The number of hydrogen-bond donors (Lipinski definition) is 2. The molecule has 6 heteroatoms. The third kappa shape index (κ3) is 5.46. The Labute approximate surface area is 219 Å². The fourth-order valence-electron chi connectivity index (χ4n) is 6.40. The molecule has 2 heterocycles. The molecule has 0 aromatic carbocycles. The summed E-state index contributed by atoms with van der Waals surface area (Å²) in [7, 11) is 4.09. The van der Waals surface area contributed by atoms with Crippen molar-refractivity contribution in [3.05, 3.63) is 0 Å². The summed E-state index contributed by atoms with van der Waals surface area (Å²) in [4.78, 5) is 28.8. The molecule has 0 radical (unpaired) electrons. The highest BCUT2D eigenvalue weighted by molar-refractivity contribution is 5.78. The normalized spacial score (nSPS) is 27.6. The van der Waals surface area contributed by atoms with Crippen LogP contribution in [0.15, 0.2) is 0 Å². The van der Waals surface area contributed by atoms with Crippen molar-refractivity contribution in [3.8, 4) is 23.7 Å². The topological polar surface area (TPSA) is 81.1 Å². The SMILES string of the molecule is CN1C(C)(C)C#CC(C(CCCCCCCC(=O)O)(C(=O)O)C2C#CC(C)(C)N(C)C2(C)C)C1(C)C. The molecule has 0 aromatic heterocycles. The van der Waals surface area contributed by atoms with Gasteiger partial charge in [0.25, 0.3) is 0 Å². The molecule has 0 amide bonds. The lowest BCUT2D eigenvalue weighted by Crippen LogP contribution is -2.69. The summed E-state index contributed by atoms with van der Waals surface area (Å²) in [5.41, 5.74) is -2.86. The highest BCUT2D eigenvalue weighted by atomic mass is 16.4. The summed E-state index contributed by atoms with van der Waals surface area (Å²) in [6, 6.07) is 0. The molecule has 36 heavy (non-hydrogen) atoms. The van der Waals surface area contributed by atoms with Crippen LogP contribution in [0, 0.1) is 40.9 Å². The Morgan fingerprint density at radius 1 is 0.722 bits per heavy atom. The molecule has 2 unspecified atom stereocenters. The number of hydrogen-bond acceptors (Lipinski definition) is 4. The number of unbranched alkanes of at least 4 members (excludes halogenated alkanes) is 4. The van der Waals surface area contributed by atoms with E-state index in [4.69, 9.17) is 5.11 Å². The van der Waals surface area contributed by atoms with Crippen molar-refractivity contribution in [2.75, 3.05) is 14.1 Å². The van der Waals surface area contributed by atoms with Crippen molar-refractivity contribution in [3.63, 3.8) is 0 Å². The Bertz CT molecular complexity index is 914. The Morgan fingerprint density at radius 2 is 1.11 bits per heavy atom. The first-order valence-corrected chi connectivity index (χ1v) is 13.3. The predicted octanol–water partition coefficient (Wildman–Crippen LogP) is 5.12. The van der Waals surface area contributed by atoms with Crippen molar-refractivity contribution in [2.24, 2.45) is 17.3 Å². The maximum absolute atomic E-state index is 13.5. The first-order chi connectivity index (χ1) is 16.3. The summed E-state index contributed by atoms with van der Waals surface area (Å²) in [6.45, 7) is 16.8. The van der Waals surface area contributed by atoms with Crippen LogP contribution in [-0.2, 0) is 9.59 Å². The van der Waals surface area contributed by atoms with Gasteiger partial charge in [0, 0.05) is 17.5 Å². The van der Waals surface area contributed by atoms with Gasteiger partial charge in [0.2, 0.25) is 0 Å². The minimum absolute atomic E-state index is 0.182. The number of rotatable bonds is 11. The molecule has 202 valence electrons. The largest absolute Gasteiger partial charge is 0.481 e. The molecular formula is C30H48N2O4. The van der Waals surface area contributed by atoms with E-state index in [1.807, 2.05) is 14.1 Å². The van der Waals surface area contributed by atoms with Gasteiger partial charge in [0.05, 0.1) is 28.3 Å². The first kappa shape index (κ1) is 30.2. The number of aliphatic carboxylic acids is 2. The smallest absolute Gasteiger partial charge is 0.312 e. The van der Waals surface area contributed by atoms with Gasteiger partial charge in [-0.05, 0) is 82.3 Å². The van der Waals surface area contributed by atoms with E-state index in [-0.39, 0.29) is 17.5 Å². The average molecular weight is 501 g/mol. The van der Waals surface area contributed by atoms with Gasteiger partial charge in [-0.3, -0.25) is 19.4 Å². The van der Waals surface area contributed by atoms with Crippen LogP contribution in [0.5, 0.6) is 0 Å². The Balaban J connectivity index is 2.57. The van der Waals surface area contributed by atoms with E-state index in [0.717, 1.165) is 25.7 Å². The number of carboxylic acids is 2. The van der Waals surface area contributed by atoms with Crippen molar-refractivity contribution in [1.82, 2.24) is 9.80 Å². The molecule has 0 spiro atoms. The molecule has 2 aliphatic rings. The van der Waals surface area contributed by atoms with E-state index in [0.29, 0.717) is 12.8 Å². The second kappa shape index (κ2) is 10.4. The third-order valence-corrected chi connectivity index (χ3v) is 9.27. The molecule has 0 saturated heterocycles. The molecule has 2 aliphatic heterocycles. The lowest BCUT2D eigenvalue weighted by atomic mass is 9.52. The first-order valence-electron chi connectivity index (χ1n) is 13.3. The molecule has 0 saturated carbocycles. The summed E-state index contributed by atoms with van der Waals surface area (Å²) >= 11 is 0. The minimum atomic E-state index is -1.16. The van der Waals surface area contributed by atoms with Crippen LogP contribution in [0.3, 0.4) is 0 Å². The monoisotopic (exact) mass is 500 g/mol. The Kier molecular flexibility index (Phi) is 8.72. The van der Waals surface area contributed by atoms with Gasteiger partial charge in [-0.1, -0.05) is 49.4 Å². The summed E-state index contributed by atoms with van der Waals surface area (Å²) in [5, 5.41) is 20.0. The molecule has 0 aromatic rings. The van der Waals surface area contributed by atoms with Gasteiger partial charge in [-0.15, -0.1) is 0 Å². The van der Waals surface area contributed by atoms with E-state index < -0.39 is 40.3 Å². The van der Waals surface area contributed by atoms with Gasteiger partial charge in [0.15, 0.2) is 0 Å². The highest BCUT2D eigenvalue weighted by Gasteiger charge is 2.63. The van der Waals surface area contributed by atoms with E-state index in [9.17, 15) is 14.7 Å². The summed E-state index contributed by atoms with van der Waals surface area (Å²) in [5.74, 6) is 11.3. The highest BCUT2D eigenvalue weighted by Crippen LogP contribution is 2.54. The van der Waals surface area contributed by atoms with Crippen LogP contribution in [0.25, 0.3) is 0 Å². The third-order valence-electron chi connectivity index (χ3n) is 9.27. The maximum atomic E-state index is 13.5. The van der Waals surface area contributed by atoms with Crippen LogP contribution in [0.4, 0.5) is 0 Å². The van der Waals surface area contributed by atoms with Crippen molar-refractivity contribution < 1.29 is 19.8 Å². The average Bonchev–Trinajstić information content (AvgIpc) is 2.74. The van der Waals surface area contributed by atoms with E-state index in [2.05, 4.69) is 88.9 Å². The molecule has 6 nitrogen and oxygen atoms in total. The van der Waals surface area contributed by atoms with Crippen LogP contribution >= 0.6 is 0 Å². The molecule has 2 N–H and O–H groups in total. The van der Waals surface area contributed by atoms with Crippen molar-refractivity contribution in [2.45, 2.75) is 122 Å². The van der Waals surface area contributed by atoms with Gasteiger partial charge >= 0.3 is 11.9 Å². The zero-order chi connectivity index (χ0) is 27.7. The summed E-state index contributed by atoms with van der Waals surface area (Å²) < 4.78 is 0. The van der Waals surface area contributed by atoms with Gasteiger partial charge in [-0.25, -0.2) is 0 Å². The zero-order valence-electron chi connectivity index (χ0n) is 24.2. The Morgan fingerprint density at radius 3 is 1.50 bits per heavy atom. The Hall–Kier alpha value is -2.02. The fraction of sp³-hybridized carbons (Fsp3) is 0.800. The quantitative estimate of drug-likeness (QED) is 0.303. The van der Waals surface area contributed by atoms with Crippen LogP contribution in [0.1, 0.15) is 100 Å². The predicted molar refractivity (Wildman–Crippen MR) is 144 cm³/mol. The molecule has 0 aliphatic carbocycles. The van der Waals surface area contributed by atoms with Crippen molar-refractivity contribution in [1.29, 1.82) is 0 Å². The van der Waals surface area contributed by atoms with Crippen LogP contribution in [0.2, 0.25) is 0 Å².